The number of nitrogens with zero attached hydrogens (tertiary/aromatic N) is 1. The van der Waals surface area contributed by atoms with E-state index in [0.29, 0.717) is 32.2 Å². The Bertz CT molecular complexity index is 674. The summed E-state index contributed by atoms with van der Waals surface area (Å²) >= 11 is 0. The maximum Gasteiger partial charge on any atom is 0.326 e. The third kappa shape index (κ3) is 8.11. The quantitative estimate of drug-likeness (QED) is 0.139. The van der Waals surface area contributed by atoms with E-state index >= 15 is 0 Å². The van der Waals surface area contributed by atoms with Gasteiger partial charge in [0.25, 0.3) is 0 Å². The zero-order chi connectivity index (χ0) is 23.6. The lowest BCUT2D eigenvalue weighted by Crippen LogP contribution is -2.58. The fourth-order valence-electron chi connectivity index (χ4n) is 3.27. The average Bonchev–Trinajstić information content (AvgIpc) is 3.20. The smallest absolute Gasteiger partial charge is 0.326 e. The van der Waals surface area contributed by atoms with Crippen LogP contribution in [0.4, 0.5) is 0 Å². The summed E-state index contributed by atoms with van der Waals surface area (Å²) in [4.78, 5) is 61.2. The van der Waals surface area contributed by atoms with Gasteiger partial charge in [0.15, 0.2) is 0 Å². The Hall–Kier alpha value is -2.77. The molecule has 176 valence electrons. The number of hydrogen-bond donors (Lipinski definition) is 7. The number of likely N-dealkylation sites (tertiary alicyclic amines) is 1. The highest BCUT2D eigenvalue weighted by atomic mass is 16.4. The first-order valence-electron chi connectivity index (χ1n) is 10.1. The molecule has 10 N–H and O–H groups in total. The van der Waals surface area contributed by atoms with Gasteiger partial charge in [-0.25, -0.2) is 4.79 Å². The molecular weight excluding hydrogens is 412 g/mol. The van der Waals surface area contributed by atoms with E-state index in [2.05, 4.69) is 10.6 Å². The van der Waals surface area contributed by atoms with Crippen molar-refractivity contribution < 1.29 is 34.2 Å². The summed E-state index contributed by atoms with van der Waals surface area (Å²) in [5, 5.41) is 23.4. The van der Waals surface area contributed by atoms with Gasteiger partial charge < -0.3 is 42.9 Å². The van der Waals surface area contributed by atoms with Crippen molar-refractivity contribution in [3.63, 3.8) is 0 Å². The standard InChI is InChI=1S/C18H32N6O7/c19-6-2-1-4-10(20)15(27)22-11(8-14(21)26)16(28)23-12(9-25)17(29)24-7-3-5-13(24)18(30)31/h10-13,25H,1-9,19-20H2,(H2,21,26)(H,22,27)(H,23,28)(H,30,31). The number of hydrogen-bond acceptors (Lipinski definition) is 8. The van der Waals surface area contributed by atoms with Crippen LogP contribution in [-0.2, 0) is 24.0 Å². The molecule has 0 aromatic carbocycles. The second-order valence-electron chi connectivity index (χ2n) is 7.39. The number of aliphatic hydroxyl groups excluding tert-OH is 1. The second-order valence-corrected chi connectivity index (χ2v) is 7.39. The third-order valence-electron chi connectivity index (χ3n) is 4.96. The summed E-state index contributed by atoms with van der Waals surface area (Å²) < 4.78 is 0. The van der Waals surface area contributed by atoms with Gasteiger partial charge in [0, 0.05) is 6.54 Å². The van der Waals surface area contributed by atoms with Crippen LogP contribution in [0.2, 0.25) is 0 Å². The molecule has 4 unspecified atom stereocenters. The molecule has 1 fully saturated rings. The van der Waals surface area contributed by atoms with E-state index in [0.717, 1.165) is 4.90 Å². The predicted octanol–water partition coefficient (Wildman–Crippen LogP) is -3.64. The highest BCUT2D eigenvalue weighted by Gasteiger charge is 2.38. The van der Waals surface area contributed by atoms with Crippen molar-refractivity contribution >= 4 is 29.6 Å². The van der Waals surface area contributed by atoms with Crippen LogP contribution >= 0.6 is 0 Å². The molecule has 0 aromatic heterocycles. The van der Waals surface area contributed by atoms with Crippen LogP contribution in [0, 0.1) is 0 Å². The Morgan fingerprint density at radius 2 is 1.71 bits per heavy atom. The van der Waals surface area contributed by atoms with Crippen molar-refractivity contribution in [2.45, 2.75) is 62.7 Å². The van der Waals surface area contributed by atoms with Gasteiger partial charge in [0.1, 0.15) is 18.1 Å². The van der Waals surface area contributed by atoms with Crippen molar-refractivity contribution in [2.24, 2.45) is 17.2 Å². The number of unbranched alkanes of at least 4 members (excludes halogenated alkanes) is 1. The molecule has 1 saturated heterocycles. The van der Waals surface area contributed by atoms with Crippen molar-refractivity contribution in [1.82, 2.24) is 15.5 Å². The molecule has 0 radical (unpaired) electrons. The van der Waals surface area contributed by atoms with Crippen LogP contribution in [0.15, 0.2) is 0 Å². The number of nitrogens with two attached hydrogens (primary N) is 3. The van der Waals surface area contributed by atoms with Crippen LogP contribution in [0.3, 0.4) is 0 Å². The lowest BCUT2D eigenvalue weighted by Gasteiger charge is -2.27. The molecule has 0 spiro atoms. The topological polar surface area (TPSA) is 231 Å². The molecule has 0 saturated carbocycles. The van der Waals surface area contributed by atoms with E-state index in [1.807, 2.05) is 0 Å². The van der Waals surface area contributed by atoms with Gasteiger partial charge in [-0.1, -0.05) is 6.42 Å². The van der Waals surface area contributed by atoms with Gasteiger partial charge in [-0.15, -0.1) is 0 Å². The summed E-state index contributed by atoms with van der Waals surface area (Å²) in [7, 11) is 0. The molecule has 1 aliphatic heterocycles. The number of carboxylic acids is 1. The van der Waals surface area contributed by atoms with Gasteiger partial charge in [0.2, 0.25) is 23.6 Å². The van der Waals surface area contributed by atoms with E-state index in [9.17, 15) is 34.2 Å². The van der Waals surface area contributed by atoms with Gasteiger partial charge in [0.05, 0.1) is 19.1 Å². The van der Waals surface area contributed by atoms with E-state index in [-0.39, 0.29) is 13.0 Å². The molecule has 1 aliphatic rings. The van der Waals surface area contributed by atoms with Gasteiger partial charge in [-0.3, -0.25) is 19.2 Å². The number of amides is 4. The first kappa shape index (κ1) is 26.3. The predicted molar refractivity (Wildman–Crippen MR) is 108 cm³/mol. The van der Waals surface area contributed by atoms with Crippen LogP contribution in [0.1, 0.15) is 38.5 Å². The molecule has 31 heavy (non-hydrogen) atoms. The molecule has 4 amide bonds. The molecular formula is C18H32N6O7. The summed E-state index contributed by atoms with van der Waals surface area (Å²) in [6, 6.07) is -4.85. The minimum absolute atomic E-state index is 0.168. The lowest BCUT2D eigenvalue weighted by molar-refractivity contribution is -0.150. The minimum atomic E-state index is -1.45. The largest absolute Gasteiger partial charge is 0.480 e. The number of primary amides is 1. The molecule has 1 heterocycles. The van der Waals surface area contributed by atoms with Gasteiger partial charge >= 0.3 is 5.97 Å². The molecule has 4 atom stereocenters. The number of carbonyl (C=O) groups is 5. The van der Waals surface area contributed by atoms with E-state index in [1.54, 1.807) is 0 Å². The fraction of sp³-hybridized carbons (Fsp3) is 0.722. The zero-order valence-electron chi connectivity index (χ0n) is 17.3. The summed E-state index contributed by atoms with van der Waals surface area (Å²) in [6.45, 7) is -0.193. The maximum absolute atomic E-state index is 12.6. The van der Waals surface area contributed by atoms with Crippen LogP contribution in [-0.4, -0.2) is 88.6 Å². The number of aliphatic carboxylic acids is 1. The maximum atomic E-state index is 12.6. The average molecular weight is 444 g/mol. The Morgan fingerprint density at radius 3 is 2.26 bits per heavy atom. The Morgan fingerprint density at radius 1 is 1.06 bits per heavy atom. The fourth-order valence-corrected chi connectivity index (χ4v) is 3.27. The van der Waals surface area contributed by atoms with E-state index in [1.165, 1.54) is 0 Å². The Kier molecular flexibility index (Phi) is 10.9. The van der Waals surface area contributed by atoms with E-state index < -0.39 is 66.8 Å². The highest BCUT2D eigenvalue weighted by molar-refractivity contribution is 5.96. The monoisotopic (exact) mass is 444 g/mol. The summed E-state index contributed by atoms with van der Waals surface area (Å²) in [6.07, 6.45) is 1.75. The molecule has 13 heteroatoms. The normalized spacial score (nSPS) is 18.7. The van der Waals surface area contributed by atoms with Crippen molar-refractivity contribution in [3.8, 4) is 0 Å². The van der Waals surface area contributed by atoms with Crippen molar-refractivity contribution in [2.75, 3.05) is 19.7 Å². The SMILES string of the molecule is NCCCCC(N)C(=O)NC(CC(N)=O)C(=O)NC(CO)C(=O)N1CCCC1C(=O)O. The molecule has 0 bridgehead atoms. The minimum Gasteiger partial charge on any atom is -0.480 e. The molecule has 1 rings (SSSR count). The number of rotatable bonds is 13. The van der Waals surface area contributed by atoms with Gasteiger partial charge in [-0.05, 0) is 32.2 Å². The third-order valence-corrected chi connectivity index (χ3v) is 4.96. The summed E-state index contributed by atoms with van der Waals surface area (Å²) in [5.74, 6) is -4.45. The van der Waals surface area contributed by atoms with Crippen LogP contribution in [0.5, 0.6) is 0 Å². The summed E-state index contributed by atoms with van der Waals surface area (Å²) in [5.41, 5.74) is 16.3. The molecule has 0 aliphatic carbocycles. The van der Waals surface area contributed by atoms with Gasteiger partial charge in [-0.2, -0.15) is 0 Å². The number of aliphatic hydroxyl groups is 1. The highest BCUT2D eigenvalue weighted by Crippen LogP contribution is 2.18. The number of nitrogens with one attached hydrogen (secondary N) is 2. The number of carboxylic acid groups (broad SMARTS) is 1. The van der Waals surface area contributed by atoms with Crippen LogP contribution in [0.25, 0.3) is 0 Å². The molecule has 0 aromatic rings. The van der Waals surface area contributed by atoms with E-state index in [4.69, 9.17) is 17.2 Å². The lowest BCUT2D eigenvalue weighted by atomic mass is 10.1. The Balaban J connectivity index is 2.81. The first-order chi connectivity index (χ1) is 14.6. The second kappa shape index (κ2) is 12.8. The first-order valence-corrected chi connectivity index (χ1v) is 10.1. The van der Waals surface area contributed by atoms with Crippen LogP contribution < -0.4 is 27.8 Å². The molecule has 13 nitrogen and oxygen atoms in total. The Labute approximate surface area is 179 Å². The number of carbonyl (C=O) groups excluding carboxylic acids is 4. The van der Waals surface area contributed by atoms with Crippen molar-refractivity contribution in [3.05, 3.63) is 0 Å². The van der Waals surface area contributed by atoms with Crippen molar-refractivity contribution in [1.29, 1.82) is 0 Å². The zero-order valence-corrected chi connectivity index (χ0v) is 17.3.